The summed E-state index contributed by atoms with van der Waals surface area (Å²) in [6, 6.07) is 15.6. The van der Waals surface area contributed by atoms with Gasteiger partial charge in [-0.15, -0.1) is 0 Å². The lowest BCUT2D eigenvalue weighted by atomic mass is 9.67. The van der Waals surface area contributed by atoms with Gasteiger partial charge < -0.3 is 24.7 Å². The maximum atomic E-state index is 14.3. The van der Waals surface area contributed by atoms with Crippen molar-refractivity contribution in [1.82, 2.24) is 0 Å². The molecule has 37 heavy (non-hydrogen) atoms. The number of hydrogen-bond donors (Lipinski definition) is 1. The van der Waals surface area contributed by atoms with E-state index in [2.05, 4.69) is 0 Å². The first-order valence-electron chi connectivity index (χ1n) is 11.5. The highest BCUT2D eigenvalue weighted by molar-refractivity contribution is 6.23. The molecule has 0 saturated heterocycles. The minimum Gasteiger partial charge on any atom is -0.465 e. The Morgan fingerprint density at radius 1 is 0.973 bits per heavy atom. The van der Waals surface area contributed by atoms with Gasteiger partial charge in [-0.3, -0.25) is 14.5 Å². The number of nitrogens with zero attached hydrogens (tertiary/aromatic N) is 1. The monoisotopic (exact) mass is 506 g/mol. The van der Waals surface area contributed by atoms with E-state index in [0.29, 0.717) is 5.69 Å². The van der Waals surface area contributed by atoms with Crippen molar-refractivity contribution in [2.45, 2.75) is 25.9 Å². The minimum atomic E-state index is -2.05. The number of nitrogens with two attached hydrogens (primary N) is 1. The Kier molecular flexibility index (Phi) is 7.01. The number of carbonyl (C=O) groups excluding carboxylic acids is 4. The van der Waals surface area contributed by atoms with E-state index >= 15 is 0 Å². The van der Waals surface area contributed by atoms with Crippen LogP contribution in [0, 0.1) is 0 Å². The van der Waals surface area contributed by atoms with Crippen LogP contribution >= 0.6 is 0 Å². The molecule has 2 aliphatic heterocycles. The predicted molar refractivity (Wildman–Crippen MR) is 130 cm³/mol. The summed E-state index contributed by atoms with van der Waals surface area (Å²) in [4.78, 5) is 54.6. The van der Waals surface area contributed by atoms with E-state index in [0.717, 1.165) is 17.6 Å². The van der Waals surface area contributed by atoms with E-state index < -0.39 is 41.7 Å². The molecule has 1 atom stereocenters. The predicted octanol–water partition coefficient (Wildman–Crippen LogP) is 2.23. The standard InChI is InChI=1S/C27H26N2O8/c1-4-35-25(32)21-16(2)37-23(28)22(24(31)34-3)27(21)18-12-8-9-13-19(18)29(26(27)33)14-20(30)36-15-17-10-6-5-7-11-17/h5-13H,4,14-15,28H2,1-3H3/t27-/m1/s1. The second-order valence-electron chi connectivity index (χ2n) is 8.29. The van der Waals surface area contributed by atoms with Crippen molar-refractivity contribution < 1.29 is 38.1 Å². The summed E-state index contributed by atoms with van der Waals surface area (Å²) < 4.78 is 21.1. The number of para-hydroxylation sites is 1. The quantitative estimate of drug-likeness (QED) is 0.443. The number of ether oxygens (including phenoxy) is 4. The SMILES string of the molecule is CCOC(=O)C1=C(C)OC(N)=C(C(=O)OC)[C@]12C(=O)N(CC(=O)OCc1ccccc1)c1ccccc12. The third-order valence-corrected chi connectivity index (χ3v) is 6.18. The largest absolute Gasteiger partial charge is 0.465 e. The van der Waals surface area contributed by atoms with E-state index in [1.165, 1.54) is 6.92 Å². The zero-order valence-corrected chi connectivity index (χ0v) is 20.6. The molecule has 0 unspecified atom stereocenters. The van der Waals surface area contributed by atoms with Gasteiger partial charge in [-0.05, 0) is 25.5 Å². The second kappa shape index (κ2) is 10.2. The number of anilines is 1. The summed E-state index contributed by atoms with van der Waals surface area (Å²) in [6.07, 6.45) is 0. The summed E-state index contributed by atoms with van der Waals surface area (Å²) in [5, 5.41) is 0. The molecule has 0 aliphatic carbocycles. The van der Waals surface area contributed by atoms with Gasteiger partial charge in [0.05, 0.1) is 13.7 Å². The Balaban J connectivity index is 1.83. The Morgan fingerprint density at radius 3 is 2.32 bits per heavy atom. The lowest BCUT2D eigenvalue weighted by Crippen LogP contribution is -2.51. The summed E-state index contributed by atoms with van der Waals surface area (Å²) >= 11 is 0. The van der Waals surface area contributed by atoms with Crippen LogP contribution in [0.3, 0.4) is 0 Å². The number of esters is 3. The number of fused-ring (bicyclic) bond motifs is 2. The van der Waals surface area contributed by atoms with Gasteiger partial charge in [-0.25, -0.2) is 9.59 Å². The number of carbonyl (C=O) groups is 4. The van der Waals surface area contributed by atoms with E-state index in [-0.39, 0.29) is 35.7 Å². The lowest BCUT2D eigenvalue weighted by molar-refractivity contribution is -0.144. The number of rotatable bonds is 7. The maximum Gasteiger partial charge on any atom is 0.340 e. The van der Waals surface area contributed by atoms with E-state index in [4.69, 9.17) is 24.7 Å². The summed E-state index contributed by atoms with van der Waals surface area (Å²) in [5.74, 6) is -3.70. The summed E-state index contributed by atoms with van der Waals surface area (Å²) in [7, 11) is 1.12. The van der Waals surface area contributed by atoms with Gasteiger partial charge in [0.1, 0.15) is 35.5 Å². The Labute approximate surface area is 213 Å². The minimum absolute atomic E-state index is 0.00378. The van der Waals surface area contributed by atoms with Gasteiger partial charge in [0.15, 0.2) is 0 Å². The Morgan fingerprint density at radius 2 is 1.65 bits per heavy atom. The molecule has 0 bridgehead atoms. The molecular weight excluding hydrogens is 480 g/mol. The molecule has 2 aromatic rings. The third-order valence-electron chi connectivity index (χ3n) is 6.18. The number of allylic oxidation sites excluding steroid dienone is 1. The molecule has 0 fully saturated rings. The molecule has 2 aromatic carbocycles. The molecule has 0 aromatic heterocycles. The molecule has 2 N–H and O–H groups in total. The molecule has 4 rings (SSSR count). The Hall–Kier alpha value is -4.60. The first-order valence-corrected chi connectivity index (χ1v) is 11.5. The number of amides is 1. The van der Waals surface area contributed by atoms with Crippen LogP contribution in [0.4, 0.5) is 5.69 Å². The van der Waals surface area contributed by atoms with Gasteiger partial charge >= 0.3 is 17.9 Å². The molecule has 192 valence electrons. The third kappa shape index (κ3) is 4.20. The van der Waals surface area contributed by atoms with Crippen molar-refractivity contribution in [2.24, 2.45) is 5.73 Å². The summed E-state index contributed by atoms with van der Waals surface area (Å²) in [5.41, 5.74) is 4.80. The van der Waals surface area contributed by atoms with Crippen LogP contribution < -0.4 is 10.6 Å². The van der Waals surface area contributed by atoms with Gasteiger partial charge in [0.25, 0.3) is 0 Å². The second-order valence-corrected chi connectivity index (χ2v) is 8.29. The van der Waals surface area contributed by atoms with Crippen LogP contribution in [0.2, 0.25) is 0 Å². The van der Waals surface area contributed by atoms with Crippen molar-refractivity contribution >= 4 is 29.5 Å². The topological polar surface area (TPSA) is 134 Å². The molecule has 2 aliphatic rings. The maximum absolute atomic E-state index is 14.3. The van der Waals surface area contributed by atoms with E-state index in [1.54, 1.807) is 43.3 Å². The van der Waals surface area contributed by atoms with Crippen LogP contribution in [-0.4, -0.2) is 44.1 Å². The Bertz CT molecular complexity index is 1330. The average Bonchev–Trinajstić information content (AvgIpc) is 3.11. The van der Waals surface area contributed by atoms with Gasteiger partial charge in [-0.1, -0.05) is 48.5 Å². The lowest BCUT2D eigenvalue weighted by Gasteiger charge is -2.36. The zero-order chi connectivity index (χ0) is 26.7. The number of hydrogen-bond acceptors (Lipinski definition) is 9. The average molecular weight is 507 g/mol. The fourth-order valence-electron chi connectivity index (χ4n) is 4.70. The highest BCUT2D eigenvalue weighted by Gasteiger charge is 2.64. The molecule has 0 saturated carbocycles. The van der Waals surface area contributed by atoms with Crippen molar-refractivity contribution in [3.8, 4) is 0 Å². The molecule has 10 heteroatoms. The number of benzene rings is 2. The van der Waals surface area contributed by atoms with Crippen LogP contribution in [0.15, 0.2) is 77.4 Å². The normalized spacial score (nSPS) is 18.5. The molecule has 2 heterocycles. The highest BCUT2D eigenvalue weighted by atomic mass is 16.5. The highest BCUT2D eigenvalue weighted by Crippen LogP contribution is 2.54. The van der Waals surface area contributed by atoms with E-state index in [9.17, 15) is 19.2 Å². The molecular formula is C27H26N2O8. The van der Waals surface area contributed by atoms with Crippen LogP contribution in [0.5, 0.6) is 0 Å². The fourth-order valence-corrected chi connectivity index (χ4v) is 4.70. The van der Waals surface area contributed by atoms with Crippen molar-refractivity contribution in [3.63, 3.8) is 0 Å². The van der Waals surface area contributed by atoms with Crippen LogP contribution in [0.1, 0.15) is 25.0 Å². The van der Waals surface area contributed by atoms with Crippen molar-refractivity contribution in [1.29, 1.82) is 0 Å². The number of methoxy groups -OCH3 is 1. The first-order chi connectivity index (χ1) is 17.8. The van der Waals surface area contributed by atoms with Crippen molar-refractivity contribution in [3.05, 3.63) is 88.5 Å². The molecule has 1 spiro atoms. The van der Waals surface area contributed by atoms with Gasteiger partial charge in [0.2, 0.25) is 11.8 Å². The molecule has 0 radical (unpaired) electrons. The zero-order valence-electron chi connectivity index (χ0n) is 20.6. The first kappa shape index (κ1) is 25.5. The molecule has 10 nitrogen and oxygen atoms in total. The molecule has 1 amide bonds. The van der Waals surface area contributed by atoms with Crippen molar-refractivity contribution in [2.75, 3.05) is 25.2 Å². The van der Waals surface area contributed by atoms with Crippen LogP contribution in [0.25, 0.3) is 0 Å². The van der Waals surface area contributed by atoms with E-state index in [1.807, 2.05) is 18.2 Å². The van der Waals surface area contributed by atoms with Crippen LogP contribution in [-0.2, 0) is 50.1 Å². The summed E-state index contributed by atoms with van der Waals surface area (Å²) in [6.45, 7) is 2.59. The van der Waals surface area contributed by atoms with Gasteiger partial charge in [0, 0.05) is 11.3 Å². The van der Waals surface area contributed by atoms with Gasteiger partial charge in [-0.2, -0.15) is 0 Å². The smallest absolute Gasteiger partial charge is 0.340 e. The fraction of sp³-hybridized carbons (Fsp3) is 0.259.